The van der Waals surface area contributed by atoms with Crippen molar-refractivity contribution in [3.63, 3.8) is 0 Å². The van der Waals surface area contributed by atoms with Crippen LogP contribution in [0.15, 0.2) is 24.3 Å². The highest BCUT2D eigenvalue weighted by Crippen LogP contribution is 2.29. The van der Waals surface area contributed by atoms with Gasteiger partial charge < -0.3 is 20.0 Å². The van der Waals surface area contributed by atoms with Crippen LogP contribution in [0, 0.1) is 0 Å². The summed E-state index contributed by atoms with van der Waals surface area (Å²) in [6.07, 6.45) is -3.64. The second-order valence-electron chi connectivity index (χ2n) is 4.37. The third-order valence-corrected chi connectivity index (χ3v) is 2.35. The molecular weight excluding hydrogens is 346 g/mol. The molecule has 1 unspecified atom stereocenters. The van der Waals surface area contributed by atoms with Crippen molar-refractivity contribution in [2.75, 3.05) is 6.54 Å². The largest absolute Gasteiger partial charge is 0.466 e. The van der Waals surface area contributed by atoms with Crippen LogP contribution in [0.25, 0.3) is 0 Å². The van der Waals surface area contributed by atoms with Crippen molar-refractivity contribution in [2.45, 2.75) is 32.5 Å². The molecule has 0 bridgehead atoms. The number of rotatable bonds is 4. The number of benzene rings is 1. The van der Waals surface area contributed by atoms with Crippen molar-refractivity contribution in [3.8, 4) is 0 Å². The summed E-state index contributed by atoms with van der Waals surface area (Å²) < 4.78 is 46.2. The maximum Gasteiger partial charge on any atom is 0.466 e. The topological polar surface area (TPSA) is 89.8 Å². The van der Waals surface area contributed by atoms with Crippen LogP contribution in [0.5, 0.6) is 0 Å². The summed E-state index contributed by atoms with van der Waals surface area (Å²) in [5.74, 6) is 0. The fourth-order valence-corrected chi connectivity index (χ4v) is 1.65. The van der Waals surface area contributed by atoms with Gasteiger partial charge in [-0.15, -0.1) is 12.4 Å². The molecule has 130 valence electrons. The van der Waals surface area contributed by atoms with Crippen LogP contribution >= 0.6 is 20.2 Å². The highest BCUT2D eigenvalue weighted by atomic mass is 35.5. The molecule has 1 aromatic rings. The molecule has 0 fully saturated rings. The van der Waals surface area contributed by atoms with Gasteiger partial charge in [0.25, 0.3) is 0 Å². The van der Waals surface area contributed by atoms with E-state index in [9.17, 15) is 13.2 Å². The van der Waals surface area contributed by atoms with Gasteiger partial charge in [0.2, 0.25) is 0 Å². The number of hydrogen-bond donors (Lipinski definition) is 4. The molecule has 0 saturated heterocycles. The van der Waals surface area contributed by atoms with E-state index in [1.807, 2.05) is 13.8 Å². The van der Waals surface area contributed by atoms with Crippen LogP contribution in [0.1, 0.15) is 25.0 Å². The van der Waals surface area contributed by atoms with Crippen LogP contribution in [0.3, 0.4) is 0 Å². The molecule has 0 aliphatic heterocycles. The van der Waals surface area contributed by atoms with Crippen molar-refractivity contribution >= 4 is 20.2 Å². The van der Waals surface area contributed by atoms with Gasteiger partial charge in [-0.25, -0.2) is 4.57 Å². The number of hydrogen-bond acceptors (Lipinski definition) is 2. The van der Waals surface area contributed by atoms with Crippen molar-refractivity contribution in [1.82, 2.24) is 5.32 Å². The van der Waals surface area contributed by atoms with Crippen LogP contribution in [-0.4, -0.2) is 27.3 Å². The minimum Gasteiger partial charge on any atom is -0.314 e. The van der Waals surface area contributed by atoms with E-state index in [1.54, 1.807) is 6.07 Å². The van der Waals surface area contributed by atoms with Gasteiger partial charge in [-0.1, -0.05) is 25.1 Å². The van der Waals surface area contributed by atoms with Crippen LogP contribution in [-0.2, 0) is 17.2 Å². The number of nitrogens with one attached hydrogen (secondary N) is 1. The smallest absolute Gasteiger partial charge is 0.314 e. The second kappa shape index (κ2) is 10.2. The van der Waals surface area contributed by atoms with E-state index in [4.69, 9.17) is 19.2 Å². The van der Waals surface area contributed by atoms with Gasteiger partial charge >= 0.3 is 14.0 Å². The predicted octanol–water partition coefficient (Wildman–Crippen LogP) is 2.74. The Morgan fingerprint density at radius 3 is 2.18 bits per heavy atom. The molecule has 5 nitrogen and oxygen atoms in total. The van der Waals surface area contributed by atoms with E-state index in [1.165, 1.54) is 12.1 Å². The Morgan fingerprint density at radius 2 is 1.77 bits per heavy atom. The fraction of sp³-hybridized carbons (Fsp3) is 0.500. The first kappa shape index (κ1) is 23.6. The van der Waals surface area contributed by atoms with Crippen molar-refractivity contribution in [3.05, 3.63) is 35.4 Å². The standard InChI is InChI=1S/C12H16F3N.ClH.H3O4P/c1-3-16-9(2)7-10-5-4-6-11(8-10)12(13,14)15;;1-5(2,3)4/h4-6,8-9,16H,3,7H2,1-2H3;1H;(H3,1,2,3,4). The monoisotopic (exact) mass is 365 g/mol. The minimum atomic E-state index is -4.64. The maximum absolute atomic E-state index is 12.4. The Morgan fingerprint density at radius 1 is 1.27 bits per heavy atom. The number of halogens is 4. The van der Waals surface area contributed by atoms with Crippen LogP contribution < -0.4 is 5.32 Å². The van der Waals surface area contributed by atoms with Gasteiger partial charge in [-0.2, -0.15) is 13.2 Å². The van der Waals surface area contributed by atoms with Crippen molar-refractivity contribution < 1.29 is 32.4 Å². The summed E-state index contributed by atoms with van der Waals surface area (Å²) in [7, 11) is -4.64. The van der Waals surface area contributed by atoms with E-state index in [0.29, 0.717) is 12.0 Å². The Bertz CT molecular complexity index is 473. The average molecular weight is 366 g/mol. The molecule has 0 spiro atoms. The summed E-state index contributed by atoms with van der Waals surface area (Å²) in [5.41, 5.74) is 0.136. The molecule has 0 radical (unpaired) electrons. The molecule has 10 heteroatoms. The zero-order valence-corrected chi connectivity index (χ0v) is 13.8. The predicted molar refractivity (Wildman–Crippen MR) is 79.8 cm³/mol. The van der Waals surface area contributed by atoms with Gasteiger partial charge in [0.05, 0.1) is 5.56 Å². The highest BCUT2D eigenvalue weighted by molar-refractivity contribution is 7.45. The van der Waals surface area contributed by atoms with Crippen LogP contribution in [0.4, 0.5) is 13.2 Å². The molecule has 1 aromatic carbocycles. The Balaban J connectivity index is 0. The molecule has 0 aliphatic carbocycles. The summed E-state index contributed by atoms with van der Waals surface area (Å²) in [5, 5.41) is 3.17. The first-order valence-electron chi connectivity index (χ1n) is 6.11. The summed E-state index contributed by atoms with van der Waals surface area (Å²) in [6.45, 7) is 4.76. The maximum atomic E-state index is 12.4. The molecule has 4 N–H and O–H groups in total. The molecule has 0 saturated carbocycles. The molecule has 1 atom stereocenters. The Labute approximate surface area is 133 Å². The normalized spacial score (nSPS) is 12.7. The van der Waals surface area contributed by atoms with E-state index >= 15 is 0 Å². The first-order valence-corrected chi connectivity index (χ1v) is 7.67. The van der Waals surface area contributed by atoms with E-state index < -0.39 is 19.6 Å². The molecule has 0 aromatic heterocycles. The molecule has 22 heavy (non-hydrogen) atoms. The van der Waals surface area contributed by atoms with Gasteiger partial charge in [-0.3, -0.25) is 0 Å². The average Bonchev–Trinajstić information content (AvgIpc) is 2.26. The molecule has 0 amide bonds. The van der Waals surface area contributed by atoms with Gasteiger partial charge in [0.15, 0.2) is 0 Å². The zero-order valence-electron chi connectivity index (χ0n) is 12.0. The number of alkyl halides is 3. The SMILES string of the molecule is CCNC(C)Cc1cccc(C(F)(F)F)c1.Cl.O=P(O)(O)O. The zero-order chi connectivity index (χ0) is 16.7. The second-order valence-corrected chi connectivity index (χ2v) is 5.40. The minimum absolute atomic E-state index is 0. The lowest BCUT2D eigenvalue weighted by Gasteiger charge is -2.13. The lowest BCUT2D eigenvalue weighted by Crippen LogP contribution is -2.27. The van der Waals surface area contributed by atoms with Crippen molar-refractivity contribution in [1.29, 1.82) is 0 Å². The molecular formula is C12H20ClF3NO4P. The van der Waals surface area contributed by atoms with Gasteiger partial charge in [0, 0.05) is 6.04 Å². The summed E-state index contributed by atoms with van der Waals surface area (Å²) in [4.78, 5) is 21.6. The highest BCUT2D eigenvalue weighted by Gasteiger charge is 2.30. The Kier molecular flexibility index (Phi) is 11.0. The first-order chi connectivity index (χ1) is 9.43. The van der Waals surface area contributed by atoms with Gasteiger partial charge in [0.1, 0.15) is 0 Å². The van der Waals surface area contributed by atoms with Crippen LogP contribution in [0.2, 0.25) is 0 Å². The third-order valence-electron chi connectivity index (χ3n) is 2.35. The molecule has 0 aliphatic rings. The third kappa shape index (κ3) is 13.1. The summed E-state index contributed by atoms with van der Waals surface area (Å²) in [6, 6.07) is 5.68. The lowest BCUT2D eigenvalue weighted by molar-refractivity contribution is -0.137. The lowest BCUT2D eigenvalue weighted by atomic mass is 10.0. The van der Waals surface area contributed by atoms with E-state index in [2.05, 4.69) is 5.32 Å². The summed E-state index contributed by atoms with van der Waals surface area (Å²) >= 11 is 0. The van der Waals surface area contributed by atoms with Gasteiger partial charge in [-0.05, 0) is 31.5 Å². The quantitative estimate of drug-likeness (QED) is 0.616. The number of phosphoric acid groups is 1. The molecule has 1 rings (SSSR count). The number of likely N-dealkylation sites (N-methyl/N-ethyl adjacent to an activating group) is 1. The molecule has 0 heterocycles. The van der Waals surface area contributed by atoms with E-state index in [-0.39, 0.29) is 18.4 Å². The Hall–Kier alpha value is -0.630. The van der Waals surface area contributed by atoms with Crippen molar-refractivity contribution in [2.24, 2.45) is 0 Å². The fourth-order valence-electron chi connectivity index (χ4n) is 1.65. The van der Waals surface area contributed by atoms with E-state index in [0.717, 1.165) is 12.6 Å².